The Morgan fingerprint density at radius 1 is 1.19 bits per heavy atom. The number of hydrazine groups is 1. The van der Waals surface area contributed by atoms with E-state index in [0.29, 0.717) is 11.8 Å². The van der Waals surface area contributed by atoms with Crippen molar-refractivity contribution < 1.29 is 33.9 Å². The summed E-state index contributed by atoms with van der Waals surface area (Å²) in [6.45, 7) is 1.31. The van der Waals surface area contributed by atoms with Gasteiger partial charge >= 0.3 is 5.97 Å². The van der Waals surface area contributed by atoms with Crippen molar-refractivity contribution in [2.75, 3.05) is 13.1 Å². The smallest absolute Gasteiger partial charge is 0.305 e. The fourth-order valence-corrected chi connectivity index (χ4v) is 3.95. The summed E-state index contributed by atoms with van der Waals surface area (Å²) in [5.74, 6) is -3.80. The molecule has 1 saturated heterocycles. The lowest BCUT2D eigenvalue weighted by atomic mass is 10.1. The molecule has 0 spiro atoms. The normalized spacial score (nSPS) is 16.9. The molecule has 1 fully saturated rings. The van der Waals surface area contributed by atoms with Gasteiger partial charge in [-0.3, -0.25) is 34.0 Å². The summed E-state index contributed by atoms with van der Waals surface area (Å²) in [6.07, 6.45) is 1.60. The lowest BCUT2D eigenvalue weighted by Crippen LogP contribution is -2.57. The Balaban J connectivity index is 1.82. The van der Waals surface area contributed by atoms with E-state index in [1.807, 2.05) is 12.1 Å². The molecule has 1 aliphatic rings. The van der Waals surface area contributed by atoms with E-state index < -0.39 is 54.6 Å². The summed E-state index contributed by atoms with van der Waals surface area (Å²) < 4.78 is 0. The first-order valence-electron chi connectivity index (χ1n) is 11.5. The lowest BCUT2D eigenvalue weighted by molar-refractivity contribution is -0.164. The van der Waals surface area contributed by atoms with Crippen LogP contribution in [-0.4, -0.2) is 81.2 Å². The SMILES string of the molecule is CCCN1C(=O)CC[C@H](NC(=O)c2nccc3ccccc23)C(=O)N1CC(=O)N[C@H](C=O)CC(=O)O. The minimum absolute atomic E-state index is 0.0164. The van der Waals surface area contributed by atoms with Crippen molar-refractivity contribution in [2.24, 2.45) is 0 Å². The molecular formula is C24H27N5O7. The van der Waals surface area contributed by atoms with Crippen molar-refractivity contribution in [2.45, 2.75) is 44.7 Å². The number of amides is 4. The molecule has 0 bridgehead atoms. The van der Waals surface area contributed by atoms with Crippen molar-refractivity contribution in [3.63, 3.8) is 0 Å². The Morgan fingerprint density at radius 2 is 1.94 bits per heavy atom. The van der Waals surface area contributed by atoms with Gasteiger partial charge < -0.3 is 20.5 Å². The number of benzene rings is 1. The molecule has 12 nitrogen and oxygen atoms in total. The van der Waals surface area contributed by atoms with Gasteiger partial charge in [0.05, 0.1) is 12.5 Å². The number of aromatic nitrogens is 1. The van der Waals surface area contributed by atoms with Crippen molar-refractivity contribution in [3.05, 3.63) is 42.2 Å². The number of carboxylic acid groups (broad SMARTS) is 1. The molecule has 36 heavy (non-hydrogen) atoms. The Kier molecular flexibility index (Phi) is 8.66. The molecule has 190 valence electrons. The van der Waals surface area contributed by atoms with Crippen molar-refractivity contribution in [3.8, 4) is 0 Å². The van der Waals surface area contributed by atoms with Crippen molar-refractivity contribution >= 4 is 46.7 Å². The number of carbonyl (C=O) groups is 6. The number of carbonyl (C=O) groups excluding carboxylic acids is 5. The highest BCUT2D eigenvalue weighted by atomic mass is 16.4. The van der Waals surface area contributed by atoms with Gasteiger partial charge in [-0.05, 0) is 24.3 Å². The molecule has 0 unspecified atom stereocenters. The largest absolute Gasteiger partial charge is 0.481 e. The third kappa shape index (κ3) is 6.20. The Hall–Kier alpha value is -4.35. The van der Waals surface area contributed by atoms with Crippen LogP contribution in [0.3, 0.4) is 0 Å². The second-order valence-corrected chi connectivity index (χ2v) is 8.27. The van der Waals surface area contributed by atoms with Crippen LogP contribution in [0, 0.1) is 0 Å². The standard InChI is InChI=1S/C24H27N5O7/c1-2-11-28-20(32)8-7-18(24(36)29(28)13-19(31)26-16(14-30)12-21(33)34)27-23(35)22-17-6-4-3-5-15(17)9-10-25-22/h3-6,9-10,14,16,18H,2,7-8,11-13H2,1H3,(H,26,31)(H,27,35)(H,33,34)/t16-,18-/m0/s1. The van der Waals surface area contributed by atoms with Gasteiger partial charge in [0, 0.05) is 24.5 Å². The van der Waals surface area contributed by atoms with E-state index in [4.69, 9.17) is 5.11 Å². The zero-order valence-electron chi connectivity index (χ0n) is 19.7. The second kappa shape index (κ2) is 11.9. The van der Waals surface area contributed by atoms with Crippen LogP contribution >= 0.6 is 0 Å². The predicted octanol–water partition coefficient (Wildman–Crippen LogP) is 0.268. The van der Waals surface area contributed by atoms with Gasteiger partial charge in [-0.1, -0.05) is 31.2 Å². The predicted molar refractivity (Wildman–Crippen MR) is 126 cm³/mol. The average molecular weight is 498 g/mol. The highest BCUT2D eigenvalue weighted by molar-refractivity contribution is 6.06. The quantitative estimate of drug-likeness (QED) is 0.393. The second-order valence-electron chi connectivity index (χ2n) is 8.27. The molecule has 1 aromatic carbocycles. The van der Waals surface area contributed by atoms with E-state index in [1.54, 1.807) is 25.1 Å². The third-order valence-electron chi connectivity index (χ3n) is 5.61. The van der Waals surface area contributed by atoms with Gasteiger partial charge in [-0.2, -0.15) is 0 Å². The third-order valence-corrected chi connectivity index (χ3v) is 5.61. The van der Waals surface area contributed by atoms with Gasteiger partial charge in [0.15, 0.2) is 0 Å². The fraction of sp³-hybridized carbons (Fsp3) is 0.375. The van der Waals surface area contributed by atoms with Gasteiger partial charge in [0.25, 0.3) is 11.8 Å². The summed E-state index contributed by atoms with van der Waals surface area (Å²) in [6, 6.07) is 6.48. The first-order valence-corrected chi connectivity index (χ1v) is 11.5. The minimum Gasteiger partial charge on any atom is -0.481 e. The van der Waals surface area contributed by atoms with E-state index in [9.17, 15) is 28.8 Å². The van der Waals surface area contributed by atoms with Crippen LogP contribution in [0.4, 0.5) is 0 Å². The fourth-order valence-electron chi connectivity index (χ4n) is 3.95. The topological polar surface area (TPSA) is 166 Å². The summed E-state index contributed by atoms with van der Waals surface area (Å²) in [5, 5.41) is 17.3. The summed E-state index contributed by atoms with van der Waals surface area (Å²) in [4.78, 5) is 78.0. The number of aliphatic carboxylic acids is 1. The minimum atomic E-state index is -1.29. The molecule has 3 N–H and O–H groups in total. The number of carboxylic acids is 1. The molecule has 1 aromatic heterocycles. The number of pyridine rings is 1. The average Bonchev–Trinajstić information content (AvgIpc) is 2.95. The van der Waals surface area contributed by atoms with Crippen LogP contribution in [-0.2, 0) is 24.0 Å². The molecule has 2 aromatic rings. The molecule has 12 heteroatoms. The highest BCUT2D eigenvalue weighted by Gasteiger charge is 2.37. The number of hydrogen-bond acceptors (Lipinski definition) is 7. The number of aldehydes is 1. The number of nitrogens with one attached hydrogen (secondary N) is 2. The van der Waals surface area contributed by atoms with Gasteiger partial charge in [-0.25, -0.2) is 5.01 Å². The molecule has 3 rings (SSSR count). The summed E-state index contributed by atoms with van der Waals surface area (Å²) >= 11 is 0. The Morgan fingerprint density at radius 3 is 2.64 bits per heavy atom. The van der Waals surface area contributed by atoms with E-state index in [2.05, 4.69) is 15.6 Å². The van der Waals surface area contributed by atoms with E-state index in [1.165, 1.54) is 6.20 Å². The summed E-state index contributed by atoms with van der Waals surface area (Å²) in [7, 11) is 0. The van der Waals surface area contributed by atoms with Crippen LogP contribution in [0.15, 0.2) is 36.5 Å². The number of nitrogens with zero attached hydrogens (tertiary/aromatic N) is 3. The van der Waals surface area contributed by atoms with E-state index in [-0.39, 0.29) is 31.4 Å². The maximum Gasteiger partial charge on any atom is 0.305 e. The molecular weight excluding hydrogens is 470 g/mol. The zero-order valence-corrected chi connectivity index (χ0v) is 19.7. The van der Waals surface area contributed by atoms with Gasteiger partial charge in [0.1, 0.15) is 24.6 Å². The molecule has 2 heterocycles. The van der Waals surface area contributed by atoms with Gasteiger partial charge in [0.2, 0.25) is 11.8 Å². The molecule has 1 aliphatic heterocycles. The number of fused-ring (bicyclic) bond motifs is 1. The van der Waals surface area contributed by atoms with Gasteiger partial charge in [-0.15, -0.1) is 0 Å². The lowest BCUT2D eigenvalue weighted by Gasteiger charge is -2.34. The summed E-state index contributed by atoms with van der Waals surface area (Å²) in [5.41, 5.74) is 0.119. The van der Waals surface area contributed by atoms with Crippen LogP contribution < -0.4 is 10.6 Å². The van der Waals surface area contributed by atoms with Crippen LogP contribution in [0.25, 0.3) is 10.8 Å². The van der Waals surface area contributed by atoms with Crippen LogP contribution in [0.2, 0.25) is 0 Å². The Labute approximate surface area is 206 Å². The van der Waals surface area contributed by atoms with E-state index in [0.717, 1.165) is 15.4 Å². The van der Waals surface area contributed by atoms with Crippen LogP contribution in [0.1, 0.15) is 43.1 Å². The van der Waals surface area contributed by atoms with Crippen molar-refractivity contribution in [1.82, 2.24) is 25.6 Å². The molecule has 0 radical (unpaired) electrons. The first kappa shape index (κ1) is 26.3. The molecule has 4 amide bonds. The molecule has 0 saturated carbocycles. The zero-order chi connectivity index (χ0) is 26.2. The van der Waals surface area contributed by atoms with Crippen molar-refractivity contribution in [1.29, 1.82) is 0 Å². The van der Waals surface area contributed by atoms with E-state index >= 15 is 0 Å². The van der Waals surface area contributed by atoms with Crippen LogP contribution in [0.5, 0.6) is 0 Å². The monoisotopic (exact) mass is 497 g/mol. The number of hydrogen-bond donors (Lipinski definition) is 3. The first-order chi connectivity index (χ1) is 17.2. The highest BCUT2D eigenvalue weighted by Crippen LogP contribution is 2.19. The Bertz CT molecular complexity index is 1180. The molecule has 2 atom stereocenters. The maximum absolute atomic E-state index is 13.4. The molecule has 0 aliphatic carbocycles. The number of rotatable bonds is 10. The maximum atomic E-state index is 13.4.